The van der Waals surface area contributed by atoms with Gasteiger partial charge in [-0.3, -0.25) is 4.79 Å². The number of nitrogens with zero attached hydrogens (tertiary/aromatic N) is 2. The molecule has 23 heavy (non-hydrogen) atoms. The number of amides is 1. The second kappa shape index (κ2) is 8.34. The molecule has 1 aliphatic rings. The minimum absolute atomic E-state index is 0.128. The maximum absolute atomic E-state index is 12.6. The van der Waals surface area contributed by atoms with Crippen molar-refractivity contribution in [1.82, 2.24) is 4.90 Å². The minimum Gasteiger partial charge on any atom is -0.393 e. The third kappa shape index (κ3) is 4.47. The van der Waals surface area contributed by atoms with Gasteiger partial charge in [0.2, 0.25) is 0 Å². The predicted molar refractivity (Wildman–Crippen MR) is 94.9 cm³/mol. The molecule has 0 spiro atoms. The molecule has 0 saturated carbocycles. The van der Waals surface area contributed by atoms with Crippen LogP contribution in [0, 0.1) is 5.92 Å². The Labute approximate surface area is 140 Å². The van der Waals surface area contributed by atoms with E-state index in [1.54, 1.807) is 0 Å². The molecule has 1 amide bonds. The van der Waals surface area contributed by atoms with Crippen molar-refractivity contribution in [2.24, 2.45) is 5.92 Å². The van der Waals surface area contributed by atoms with Crippen LogP contribution < -0.4 is 4.90 Å². The number of carbonyl (C=O) groups is 1. The highest BCUT2D eigenvalue weighted by Crippen LogP contribution is 2.26. The van der Waals surface area contributed by atoms with Crippen LogP contribution in [0.15, 0.2) is 24.3 Å². The average Bonchev–Trinajstić information content (AvgIpc) is 3.04. The molecule has 2 unspecified atom stereocenters. The molecule has 1 saturated heterocycles. The van der Waals surface area contributed by atoms with Gasteiger partial charge in [0.25, 0.3) is 5.91 Å². The van der Waals surface area contributed by atoms with Crippen molar-refractivity contribution in [2.75, 3.05) is 31.1 Å². The molecule has 4 heteroatoms. The van der Waals surface area contributed by atoms with Crippen LogP contribution in [-0.2, 0) is 0 Å². The number of carbonyl (C=O) groups excluding carboxylic acids is 1. The molecule has 0 aromatic heterocycles. The van der Waals surface area contributed by atoms with Gasteiger partial charge in [-0.2, -0.15) is 0 Å². The zero-order chi connectivity index (χ0) is 16.8. The van der Waals surface area contributed by atoms with Crippen molar-refractivity contribution >= 4 is 11.6 Å². The highest BCUT2D eigenvalue weighted by Gasteiger charge is 2.26. The molecule has 2 rings (SSSR count). The van der Waals surface area contributed by atoms with Gasteiger partial charge in [-0.25, -0.2) is 0 Å². The van der Waals surface area contributed by atoms with Crippen molar-refractivity contribution in [3.63, 3.8) is 0 Å². The van der Waals surface area contributed by atoms with Crippen molar-refractivity contribution < 1.29 is 9.90 Å². The molecule has 4 nitrogen and oxygen atoms in total. The lowest BCUT2D eigenvalue weighted by Crippen LogP contribution is -2.32. The van der Waals surface area contributed by atoms with Crippen molar-refractivity contribution in [2.45, 2.75) is 46.1 Å². The molecular formula is C19H30N2O2. The first-order valence-electron chi connectivity index (χ1n) is 8.89. The fourth-order valence-corrected chi connectivity index (χ4v) is 3.27. The fourth-order valence-electron chi connectivity index (χ4n) is 3.27. The number of hydrogen-bond acceptors (Lipinski definition) is 3. The zero-order valence-electron chi connectivity index (χ0n) is 14.7. The van der Waals surface area contributed by atoms with Gasteiger partial charge in [-0.15, -0.1) is 0 Å². The number of rotatable bonds is 7. The van der Waals surface area contributed by atoms with Gasteiger partial charge < -0.3 is 14.9 Å². The highest BCUT2D eigenvalue weighted by molar-refractivity contribution is 5.94. The third-order valence-electron chi connectivity index (χ3n) is 4.66. The van der Waals surface area contributed by atoms with Crippen molar-refractivity contribution in [1.29, 1.82) is 0 Å². The molecule has 1 N–H and O–H groups in total. The maximum atomic E-state index is 12.6. The van der Waals surface area contributed by atoms with E-state index in [9.17, 15) is 9.90 Å². The summed E-state index contributed by atoms with van der Waals surface area (Å²) in [6.07, 6.45) is 2.74. The van der Waals surface area contributed by atoms with E-state index in [1.807, 2.05) is 36.1 Å². The van der Waals surface area contributed by atoms with Crippen LogP contribution in [0.5, 0.6) is 0 Å². The third-order valence-corrected chi connectivity index (χ3v) is 4.66. The molecule has 0 radical (unpaired) electrons. The fraction of sp³-hybridized carbons (Fsp3) is 0.632. The summed E-state index contributed by atoms with van der Waals surface area (Å²) in [6, 6.07) is 7.94. The summed E-state index contributed by atoms with van der Waals surface area (Å²) in [5, 5.41) is 9.72. The summed E-state index contributed by atoms with van der Waals surface area (Å²) >= 11 is 0. The molecule has 128 valence electrons. The summed E-state index contributed by atoms with van der Waals surface area (Å²) in [4.78, 5) is 16.8. The Kier molecular flexibility index (Phi) is 6.46. The van der Waals surface area contributed by atoms with Gasteiger partial charge in [0.05, 0.1) is 6.10 Å². The molecule has 1 heterocycles. The Hall–Kier alpha value is -1.55. The van der Waals surface area contributed by atoms with Crippen LogP contribution in [0.2, 0.25) is 0 Å². The van der Waals surface area contributed by atoms with E-state index in [1.165, 1.54) is 0 Å². The monoisotopic (exact) mass is 318 g/mol. The topological polar surface area (TPSA) is 43.8 Å². The standard InChI is InChI=1S/C19H30N2O2/c1-4-11-20(12-5-2)19(23)16-6-8-18(9-7-16)21-13-10-17(14-21)15(3)22/h6-9,15,17,22H,4-5,10-14H2,1-3H3. The Morgan fingerprint density at radius 1 is 1.26 bits per heavy atom. The number of aliphatic hydroxyl groups excluding tert-OH is 1. The summed E-state index contributed by atoms with van der Waals surface area (Å²) in [5.74, 6) is 0.476. The first-order valence-corrected chi connectivity index (χ1v) is 8.89. The van der Waals surface area contributed by atoms with Crippen LogP contribution in [-0.4, -0.2) is 48.2 Å². The van der Waals surface area contributed by atoms with Crippen LogP contribution in [0.3, 0.4) is 0 Å². The Bertz CT molecular complexity index is 493. The number of hydrogen-bond donors (Lipinski definition) is 1. The first kappa shape index (κ1) is 17.8. The largest absolute Gasteiger partial charge is 0.393 e. The minimum atomic E-state index is -0.252. The van der Waals surface area contributed by atoms with Gasteiger partial charge in [0.15, 0.2) is 0 Å². The van der Waals surface area contributed by atoms with Crippen molar-refractivity contribution in [3.05, 3.63) is 29.8 Å². The molecule has 1 aromatic rings. The maximum Gasteiger partial charge on any atom is 0.253 e. The lowest BCUT2D eigenvalue weighted by molar-refractivity contribution is 0.0755. The lowest BCUT2D eigenvalue weighted by Gasteiger charge is -2.23. The Morgan fingerprint density at radius 3 is 2.35 bits per heavy atom. The number of benzene rings is 1. The number of aliphatic hydroxyl groups is 1. The normalized spacial score (nSPS) is 19.0. The molecule has 0 bridgehead atoms. The van der Waals surface area contributed by atoms with Gasteiger partial charge in [-0.05, 0) is 50.5 Å². The van der Waals surface area contributed by atoms with Crippen LogP contribution in [0.25, 0.3) is 0 Å². The van der Waals surface area contributed by atoms with Gasteiger partial charge >= 0.3 is 0 Å². The van der Waals surface area contributed by atoms with Gasteiger partial charge in [0.1, 0.15) is 0 Å². The molecule has 2 atom stereocenters. The van der Waals surface area contributed by atoms with Crippen LogP contribution in [0.4, 0.5) is 5.69 Å². The second-order valence-corrected chi connectivity index (χ2v) is 6.57. The smallest absolute Gasteiger partial charge is 0.253 e. The van der Waals surface area contributed by atoms with E-state index < -0.39 is 0 Å². The molecule has 1 aromatic carbocycles. The van der Waals surface area contributed by atoms with Crippen LogP contribution >= 0.6 is 0 Å². The van der Waals surface area contributed by atoms with E-state index in [-0.39, 0.29) is 12.0 Å². The summed E-state index contributed by atoms with van der Waals surface area (Å²) in [6.45, 7) is 9.57. The lowest BCUT2D eigenvalue weighted by atomic mass is 10.0. The summed E-state index contributed by atoms with van der Waals surface area (Å²) < 4.78 is 0. The Morgan fingerprint density at radius 2 is 1.87 bits per heavy atom. The summed E-state index contributed by atoms with van der Waals surface area (Å²) in [5.41, 5.74) is 1.91. The average molecular weight is 318 g/mol. The van der Waals surface area contributed by atoms with E-state index in [2.05, 4.69) is 18.7 Å². The zero-order valence-corrected chi connectivity index (χ0v) is 14.7. The van der Waals surface area contributed by atoms with E-state index >= 15 is 0 Å². The van der Waals surface area contributed by atoms with Gasteiger partial charge in [-0.1, -0.05) is 13.8 Å². The molecule has 0 aliphatic carbocycles. The van der Waals surface area contributed by atoms with E-state index in [4.69, 9.17) is 0 Å². The number of anilines is 1. The highest BCUT2D eigenvalue weighted by atomic mass is 16.3. The quantitative estimate of drug-likeness (QED) is 0.840. The molecular weight excluding hydrogens is 288 g/mol. The second-order valence-electron chi connectivity index (χ2n) is 6.57. The van der Waals surface area contributed by atoms with Gasteiger partial charge in [0, 0.05) is 43.3 Å². The Balaban J connectivity index is 2.03. The van der Waals surface area contributed by atoms with Crippen molar-refractivity contribution in [3.8, 4) is 0 Å². The first-order chi connectivity index (χ1) is 11.1. The van der Waals surface area contributed by atoms with E-state index in [0.717, 1.165) is 56.7 Å². The SMILES string of the molecule is CCCN(CCC)C(=O)c1ccc(N2CCC(C(C)O)C2)cc1. The molecule has 1 aliphatic heterocycles. The summed E-state index contributed by atoms with van der Waals surface area (Å²) in [7, 11) is 0. The van der Waals surface area contributed by atoms with Crippen LogP contribution in [0.1, 0.15) is 50.4 Å². The molecule has 1 fully saturated rings. The predicted octanol–water partition coefficient (Wildman–Crippen LogP) is 3.16. The van der Waals surface area contributed by atoms with E-state index in [0.29, 0.717) is 5.92 Å².